The number of imidazole rings is 1. The van der Waals surface area contributed by atoms with Crippen LogP contribution in [0.4, 0.5) is 0 Å². The molecule has 0 fully saturated rings. The first-order valence-electron chi connectivity index (χ1n) is 3.03. The van der Waals surface area contributed by atoms with Gasteiger partial charge in [-0.05, 0) is 0 Å². The van der Waals surface area contributed by atoms with Crippen LogP contribution in [0, 0.1) is 12.3 Å². The van der Waals surface area contributed by atoms with Gasteiger partial charge in [0.25, 0.3) is 0 Å². The van der Waals surface area contributed by atoms with Crippen LogP contribution in [-0.2, 0) is 0 Å². The molecule has 68 valence electrons. The number of terminal acetylenes is 1. The number of nitrogens with one attached hydrogen (secondary N) is 1. The van der Waals surface area contributed by atoms with Crippen molar-refractivity contribution in [3.63, 3.8) is 0 Å². The van der Waals surface area contributed by atoms with Gasteiger partial charge in [0.05, 0.1) is 6.04 Å². The van der Waals surface area contributed by atoms with Gasteiger partial charge in [-0.25, -0.2) is 4.98 Å². The van der Waals surface area contributed by atoms with E-state index in [1.54, 1.807) is 12.4 Å². The van der Waals surface area contributed by atoms with E-state index in [2.05, 4.69) is 15.9 Å². The highest BCUT2D eigenvalue weighted by molar-refractivity contribution is 5.85. The molecule has 1 heterocycles. The SMILES string of the molecule is C#CCC(N)c1ncc[nH]1.Cl.Cl. The molecule has 0 aliphatic heterocycles. The van der Waals surface area contributed by atoms with Crippen molar-refractivity contribution >= 4 is 24.8 Å². The summed E-state index contributed by atoms with van der Waals surface area (Å²) in [6.45, 7) is 0. The Morgan fingerprint density at radius 3 is 2.75 bits per heavy atom. The quantitative estimate of drug-likeness (QED) is 0.719. The van der Waals surface area contributed by atoms with Gasteiger partial charge >= 0.3 is 0 Å². The number of halogens is 2. The molecule has 0 aliphatic rings. The molecule has 0 saturated heterocycles. The van der Waals surface area contributed by atoms with Crippen LogP contribution < -0.4 is 5.73 Å². The maximum absolute atomic E-state index is 5.61. The normalized spacial score (nSPS) is 10.3. The van der Waals surface area contributed by atoms with E-state index in [9.17, 15) is 0 Å². The van der Waals surface area contributed by atoms with Crippen molar-refractivity contribution in [3.05, 3.63) is 18.2 Å². The zero-order valence-corrected chi connectivity index (χ0v) is 7.99. The maximum Gasteiger partial charge on any atom is 0.123 e. The molecule has 1 unspecified atom stereocenters. The van der Waals surface area contributed by atoms with E-state index >= 15 is 0 Å². The Morgan fingerprint density at radius 2 is 2.33 bits per heavy atom. The molecule has 0 bridgehead atoms. The maximum atomic E-state index is 5.61. The predicted molar refractivity (Wildman–Crippen MR) is 53.5 cm³/mol. The first kappa shape index (κ1) is 13.9. The van der Waals surface area contributed by atoms with Gasteiger partial charge in [-0.15, -0.1) is 37.2 Å². The first-order chi connectivity index (χ1) is 4.84. The summed E-state index contributed by atoms with van der Waals surface area (Å²) in [7, 11) is 0. The molecule has 0 aromatic carbocycles. The fraction of sp³-hybridized carbons (Fsp3) is 0.286. The summed E-state index contributed by atoms with van der Waals surface area (Å²) in [4.78, 5) is 6.85. The van der Waals surface area contributed by atoms with Crippen LogP contribution in [0.3, 0.4) is 0 Å². The Morgan fingerprint density at radius 1 is 1.67 bits per heavy atom. The smallest absolute Gasteiger partial charge is 0.123 e. The third-order valence-corrected chi connectivity index (χ3v) is 1.21. The summed E-state index contributed by atoms with van der Waals surface area (Å²) >= 11 is 0. The van der Waals surface area contributed by atoms with E-state index in [-0.39, 0.29) is 30.9 Å². The lowest BCUT2D eigenvalue weighted by Gasteiger charge is -2.01. The molecule has 0 saturated carbocycles. The van der Waals surface area contributed by atoms with Gasteiger partial charge in [-0.1, -0.05) is 0 Å². The molecule has 0 spiro atoms. The van der Waals surface area contributed by atoms with E-state index in [1.807, 2.05) is 0 Å². The number of hydrogen-bond donors (Lipinski definition) is 2. The van der Waals surface area contributed by atoms with Crippen molar-refractivity contribution < 1.29 is 0 Å². The number of aromatic nitrogens is 2. The van der Waals surface area contributed by atoms with Gasteiger partial charge in [0.15, 0.2) is 0 Å². The number of H-pyrrole nitrogens is 1. The van der Waals surface area contributed by atoms with Crippen molar-refractivity contribution in [1.29, 1.82) is 0 Å². The van der Waals surface area contributed by atoms with Gasteiger partial charge in [0, 0.05) is 18.8 Å². The van der Waals surface area contributed by atoms with Gasteiger partial charge < -0.3 is 10.7 Å². The predicted octanol–water partition coefficient (Wildman–Crippen LogP) is 1.28. The van der Waals surface area contributed by atoms with Crippen molar-refractivity contribution in [2.75, 3.05) is 0 Å². The van der Waals surface area contributed by atoms with Crippen LogP contribution >= 0.6 is 24.8 Å². The Hall–Kier alpha value is -0.690. The number of aromatic amines is 1. The lowest BCUT2D eigenvalue weighted by atomic mass is 10.2. The van der Waals surface area contributed by atoms with Crippen LogP contribution in [0.5, 0.6) is 0 Å². The third kappa shape index (κ3) is 3.63. The largest absolute Gasteiger partial charge is 0.347 e. The molecule has 1 aromatic heterocycles. The summed E-state index contributed by atoms with van der Waals surface area (Å²) in [6, 6.07) is -0.153. The van der Waals surface area contributed by atoms with Crippen molar-refractivity contribution in [2.45, 2.75) is 12.5 Å². The molecule has 3 N–H and O–H groups in total. The lowest BCUT2D eigenvalue weighted by Crippen LogP contribution is -2.10. The summed E-state index contributed by atoms with van der Waals surface area (Å²) in [5.74, 6) is 3.22. The lowest BCUT2D eigenvalue weighted by molar-refractivity contribution is 0.704. The minimum absolute atomic E-state index is 0. The minimum Gasteiger partial charge on any atom is -0.347 e. The highest BCUT2D eigenvalue weighted by Gasteiger charge is 2.04. The fourth-order valence-corrected chi connectivity index (χ4v) is 0.704. The summed E-state index contributed by atoms with van der Waals surface area (Å²) in [5.41, 5.74) is 5.61. The molecule has 3 nitrogen and oxygen atoms in total. The van der Waals surface area contributed by atoms with Crippen LogP contribution in [0.2, 0.25) is 0 Å². The molecule has 1 atom stereocenters. The standard InChI is InChI=1S/C7H9N3.2ClH/c1-2-3-6(8)7-9-4-5-10-7;;/h1,4-6H,3,8H2,(H,9,10);2*1H. The fourth-order valence-electron chi connectivity index (χ4n) is 0.704. The van der Waals surface area contributed by atoms with E-state index in [0.29, 0.717) is 6.42 Å². The molecule has 0 aliphatic carbocycles. The van der Waals surface area contributed by atoms with Crippen LogP contribution in [0.15, 0.2) is 12.4 Å². The average molecular weight is 208 g/mol. The number of nitrogens with two attached hydrogens (primary N) is 1. The summed E-state index contributed by atoms with van der Waals surface area (Å²) in [5, 5.41) is 0. The zero-order valence-electron chi connectivity index (χ0n) is 6.36. The molecule has 5 heteroatoms. The molecule has 12 heavy (non-hydrogen) atoms. The number of nitrogens with zero attached hydrogens (tertiary/aromatic N) is 1. The Labute approximate surface area is 84.0 Å². The van der Waals surface area contributed by atoms with Crippen LogP contribution in [-0.4, -0.2) is 9.97 Å². The Bertz CT molecular complexity index is 227. The monoisotopic (exact) mass is 207 g/mol. The molecular formula is C7H11Cl2N3. The summed E-state index contributed by atoms with van der Waals surface area (Å²) in [6.07, 6.45) is 8.97. The second kappa shape index (κ2) is 6.99. The highest BCUT2D eigenvalue weighted by Crippen LogP contribution is 2.05. The Kier molecular flexibility index (Phi) is 8.07. The van der Waals surface area contributed by atoms with E-state index in [0.717, 1.165) is 5.82 Å². The molecule has 1 rings (SSSR count). The average Bonchev–Trinajstić information content (AvgIpc) is 2.38. The number of rotatable bonds is 2. The first-order valence-corrected chi connectivity index (χ1v) is 3.03. The van der Waals surface area contributed by atoms with Gasteiger partial charge in [0.2, 0.25) is 0 Å². The second-order valence-electron chi connectivity index (χ2n) is 1.99. The van der Waals surface area contributed by atoms with Gasteiger partial charge in [-0.3, -0.25) is 0 Å². The van der Waals surface area contributed by atoms with Gasteiger partial charge in [0.1, 0.15) is 5.82 Å². The summed E-state index contributed by atoms with van der Waals surface area (Å²) < 4.78 is 0. The van der Waals surface area contributed by atoms with Crippen LogP contribution in [0.1, 0.15) is 18.3 Å². The molecular weight excluding hydrogens is 197 g/mol. The zero-order chi connectivity index (χ0) is 7.40. The van der Waals surface area contributed by atoms with E-state index in [4.69, 9.17) is 12.2 Å². The third-order valence-electron chi connectivity index (χ3n) is 1.21. The van der Waals surface area contributed by atoms with E-state index < -0.39 is 0 Å². The van der Waals surface area contributed by atoms with E-state index in [1.165, 1.54) is 0 Å². The Balaban J connectivity index is 0. The molecule has 0 amide bonds. The van der Waals surface area contributed by atoms with Gasteiger partial charge in [-0.2, -0.15) is 0 Å². The highest BCUT2D eigenvalue weighted by atomic mass is 35.5. The van der Waals surface area contributed by atoms with Crippen LogP contribution in [0.25, 0.3) is 0 Å². The molecule has 1 aromatic rings. The second-order valence-corrected chi connectivity index (χ2v) is 1.99. The number of hydrogen-bond acceptors (Lipinski definition) is 2. The minimum atomic E-state index is -0.153. The van der Waals surface area contributed by atoms with Crippen molar-refractivity contribution in [2.24, 2.45) is 5.73 Å². The van der Waals surface area contributed by atoms with Crippen molar-refractivity contribution in [1.82, 2.24) is 9.97 Å². The molecule has 0 radical (unpaired) electrons. The topological polar surface area (TPSA) is 54.7 Å². The van der Waals surface area contributed by atoms with Crippen molar-refractivity contribution in [3.8, 4) is 12.3 Å².